The number of rotatable bonds is 14. The van der Waals surface area contributed by atoms with Gasteiger partial charge in [-0.05, 0) is 75.6 Å². The van der Waals surface area contributed by atoms with Gasteiger partial charge in [0.05, 0.1) is 38.5 Å². The number of benzene rings is 2. The Bertz CT molecular complexity index is 1740. The normalized spacial score (nSPS) is 13.2. The Balaban J connectivity index is 0.000000935. The molecule has 2 heterocycles. The first-order valence-corrected chi connectivity index (χ1v) is 17.2. The molecule has 0 bridgehead atoms. The summed E-state index contributed by atoms with van der Waals surface area (Å²) in [6, 6.07) is 11.1. The van der Waals surface area contributed by atoms with Gasteiger partial charge >= 0.3 is 6.09 Å². The summed E-state index contributed by atoms with van der Waals surface area (Å²) in [5.74, 6) is -0.753. The van der Waals surface area contributed by atoms with Crippen molar-refractivity contribution < 1.29 is 59.4 Å². The Kier molecular flexibility index (Phi) is 20.2. The van der Waals surface area contributed by atoms with Crippen LogP contribution in [0.5, 0.6) is 17.2 Å². The largest absolute Gasteiger partial charge is 0.496 e. The molecular formula is C40H53N5NiO9-4. The molecule has 1 saturated heterocycles. The molecule has 0 saturated carbocycles. The summed E-state index contributed by atoms with van der Waals surface area (Å²) in [6.45, 7) is 17.7. The number of Topliss-reactive ketones (excluding diaryl/α,β-unsaturated/α-hetero) is 1. The van der Waals surface area contributed by atoms with Crippen LogP contribution in [0.1, 0.15) is 56.0 Å². The molecule has 0 radical (unpaired) electrons. The summed E-state index contributed by atoms with van der Waals surface area (Å²) >= 11 is 0. The van der Waals surface area contributed by atoms with Crippen LogP contribution in [0.2, 0.25) is 0 Å². The Labute approximate surface area is 334 Å². The second kappa shape index (κ2) is 23.1. The van der Waals surface area contributed by atoms with Crippen LogP contribution in [-0.2, 0) is 42.2 Å². The van der Waals surface area contributed by atoms with E-state index in [1.165, 1.54) is 30.2 Å². The molecule has 15 heteroatoms. The maximum atomic E-state index is 13.0. The summed E-state index contributed by atoms with van der Waals surface area (Å²) in [5, 5.41) is 5.84. The topological polar surface area (TPSA) is 166 Å². The average Bonchev–Trinajstić information content (AvgIpc) is 3.64. The van der Waals surface area contributed by atoms with Gasteiger partial charge in [0.15, 0.2) is 11.5 Å². The van der Waals surface area contributed by atoms with Crippen LogP contribution >= 0.6 is 0 Å². The van der Waals surface area contributed by atoms with E-state index in [2.05, 4.69) is 36.4 Å². The maximum absolute atomic E-state index is 13.0. The van der Waals surface area contributed by atoms with Crippen molar-refractivity contribution >= 4 is 40.5 Å². The van der Waals surface area contributed by atoms with Crippen LogP contribution in [0, 0.1) is 28.2 Å². The molecule has 2 N–H and O–H groups in total. The van der Waals surface area contributed by atoms with Gasteiger partial charge in [-0.2, -0.15) is 0 Å². The molecule has 4 rings (SSSR count). The Morgan fingerprint density at radius 2 is 1.64 bits per heavy atom. The molecule has 306 valence electrons. The van der Waals surface area contributed by atoms with Crippen molar-refractivity contribution in [2.45, 2.75) is 58.2 Å². The van der Waals surface area contributed by atoms with E-state index in [9.17, 15) is 24.0 Å². The Morgan fingerprint density at radius 1 is 0.945 bits per heavy atom. The van der Waals surface area contributed by atoms with E-state index < -0.39 is 35.1 Å². The number of hydrogen-bond acceptors (Lipinski definition) is 10. The van der Waals surface area contributed by atoms with Crippen molar-refractivity contribution in [1.82, 2.24) is 25.4 Å². The number of ketones is 1. The van der Waals surface area contributed by atoms with Crippen molar-refractivity contribution in [3.8, 4) is 17.2 Å². The molecular weight excluding hydrogens is 753 g/mol. The molecule has 1 aliphatic rings. The standard InChI is InChI=1S/C30H33N4O7.C9H17NO2.CH3.Ni/c1-4-14-41-20-8-9-23-22(16-20)21(11-12-31-23)29(37)33-18-27(35)34-13-5-6-24(34)28(36)30(38)32-17-19-7-10-25(39-2)26(15-19)40-3;1-6-10(7-2)8(11)12-9(3,4)5;;/h7-12,15-16,24H,1,4-6,13-14,17-18H2,2-3H3,(H,32,38)(H,33,37);1-2,6-7H2,3-5H3;1H3;/q-1;-2;-1;/t24-;;;/m0.../s1. The average molecular weight is 807 g/mol. The fourth-order valence-electron chi connectivity index (χ4n) is 5.33. The van der Waals surface area contributed by atoms with Gasteiger partial charge in [0.2, 0.25) is 11.7 Å². The monoisotopic (exact) mass is 805 g/mol. The van der Waals surface area contributed by atoms with Gasteiger partial charge < -0.3 is 67.6 Å². The van der Waals surface area contributed by atoms with Gasteiger partial charge in [0.25, 0.3) is 11.8 Å². The predicted octanol–water partition coefficient (Wildman–Crippen LogP) is 4.80. The second-order valence-electron chi connectivity index (χ2n) is 12.9. The first-order chi connectivity index (χ1) is 25.3. The third-order valence-corrected chi connectivity index (χ3v) is 7.96. The van der Waals surface area contributed by atoms with Gasteiger partial charge in [-0.3, -0.25) is 24.2 Å². The molecule has 0 unspecified atom stereocenters. The molecule has 1 fully saturated rings. The van der Waals surface area contributed by atoms with Crippen molar-refractivity contribution in [2.75, 3.05) is 47.0 Å². The number of fused-ring (bicyclic) bond motifs is 1. The smallest absolute Gasteiger partial charge is 0.405 e. The fourth-order valence-corrected chi connectivity index (χ4v) is 5.33. The number of amides is 4. The van der Waals surface area contributed by atoms with Gasteiger partial charge in [0, 0.05) is 41.2 Å². The minimum Gasteiger partial charge on any atom is -0.496 e. The van der Waals surface area contributed by atoms with E-state index in [0.29, 0.717) is 79.2 Å². The number of nitrogens with one attached hydrogen (secondary N) is 2. The third kappa shape index (κ3) is 14.0. The summed E-state index contributed by atoms with van der Waals surface area (Å²) in [6.07, 6.45) is 2.70. The van der Waals surface area contributed by atoms with E-state index in [1.54, 1.807) is 42.5 Å². The minimum absolute atomic E-state index is 0. The number of methoxy groups -OCH3 is 2. The Morgan fingerprint density at radius 3 is 2.25 bits per heavy atom. The summed E-state index contributed by atoms with van der Waals surface area (Å²) in [7, 11) is 3.03. The number of carbonyl (C=O) groups excluding carboxylic acids is 5. The fraction of sp³-hybridized carbons (Fsp3) is 0.400. The van der Waals surface area contributed by atoms with Crippen LogP contribution < -0.4 is 24.8 Å². The van der Waals surface area contributed by atoms with Crippen LogP contribution in [0.3, 0.4) is 0 Å². The summed E-state index contributed by atoms with van der Waals surface area (Å²) in [4.78, 5) is 70.0. The van der Waals surface area contributed by atoms with Gasteiger partial charge in [0.1, 0.15) is 17.4 Å². The molecule has 4 amide bonds. The number of ether oxygens (including phenoxy) is 4. The van der Waals surface area contributed by atoms with E-state index >= 15 is 0 Å². The summed E-state index contributed by atoms with van der Waals surface area (Å²) < 4.78 is 21.2. The van der Waals surface area contributed by atoms with Crippen LogP contribution in [0.4, 0.5) is 4.79 Å². The van der Waals surface area contributed by atoms with Crippen LogP contribution in [0.25, 0.3) is 10.9 Å². The molecule has 55 heavy (non-hydrogen) atoms. The molecule has 2 aromatic carbocycles. The van der Waals surface area contributed by atoms with Crippen molar-refractivity contribution in [2.24, 2.45) is 0 Å². The zero-order valence-electron chi connectivity index (χ0n) is 32.5. The molecule has 1 aliphatic heterocycles. The molecule has 3 aromatic rings. The zero-order valence-corrected chi connectivity index (χ0v) is 33.5. The van der Waals surface area contributed by atoms with E-state index in [1.807, 2.05) is 20.8 Å². The van der Waals surface area contributed by atoms with Crippen LogP contribution in [-0.4, -0.2) is 103 Å². The SMILES string of the molecule is [CH2-]CCOc1ccc2nccc(C(=O)NCC(=O)N3CCC[C@H]3C(=O)C(=O)NCc3ccc(OC)c(OC)c3)c2c1.[CH2-]CN(C[CH2-])C(=O)OC(C)(C)C.[CH3-].[Ni]. The van der Waals surface area contributed by atoms with Gasteiger partial charge in [-0.1, -0.05) is 6.07 Å². The third-order valence-electron chi connectivity index (χ3n) is 7.96. The molecule has 14 nitrogen and oxygen atoms in total. The van der Waals surface area contributed by atoms with Crippen molar-refractivity contribution in [3.63, 3.8) is 0 Å². The second-order valence-corrected chi connectivity index (χ2v) is 12.9. The number of hydrogen-bond donors (Lipinski definition) is 2. The quantitative estimate of drug-likeness (QED) is 0.131. The zero-order chi connectivity index (χ0) is 39.1. The number of nitrogens with zero attached hydrogens (tertiary/aromatic N) is 3. The van der Waals surface area contributed by atoms with Gasteiger partial charge in [-0.25, -0.2) is 4.79 Å². The molecule has 1 atom stereocenters. The number of carbonyl (C=O) groups is 5. The summed E-state index contributed by atoms with van der Waals surface area (Å²) in [5.41, 5.74) is 1.22. The Hall–Kier alpha value is -4.91. The molecule has 0 aliphatic carbocycles. The van der Waals surface area contributed by atoms with E-state index in [0.717, 1.165) is 5.56 Å². The maximum Gasteiger partial charge on any atom is 0.405 e. The number of pyridine rings is 1. The first kappa shape index (κ1) is 48.1. The van der Waals surface area contributed by atoms with Gasteiger partial charge in [-0.15, -0.1) is 19.5 Å². The van der Waals surface area contributed by atoms with Crippen molar-refractivity contribution in [3.05, 3.63) is 88.0 Å². The predicted molar refractivity (Wildman–Crippen MR) is 206 cm³/mol. The number of aromatic nitrogens is 1. The van der Waals surface area contributed by atoms with E-state index in [4.69, 9.17) is 18.9 Å². The van der Waals surface area contributed by atoms with Crippen molar-refractivity contribution in [1.29, 1.82) is 0 Å². The van der Waals surface area contributed by atoms with E-state index in [-0.39, 0.29) is 43.1 Å². The minimum atomic E-state index is -0.890. The van der Waals surface area contributed by atoms with Crippen LogP contribution in [0.15, 0.2) is 48.7 Å². The molecule has 0 spiro atoms. The molecule has 1 aromatic heterocycles. The number of likely N-dealkylation sites (tertiary alicyclic amines) is 1. The first-order valence-electron chi connectivity index (χ1n) is 17.2.